The molecule has 0 radical (unpaired) electrons. The standard InChI is InChI=1S/C14H19N3O4/c1-14(2,13(18)19)10-4-3-7-16(9-10)12-8-11(17(20)21)5-6-15-12/h5-6,8,10H,3-4,7,9H2,1-2H3,(H,18,19). The number of pyridine rings is 1. The first kappa shape index (κ1) is 15.2. The van der Waals surface area contributed by atoms with E-state index in [2.05, 4.69) is 4.98 Å². The summed E-state index contributed by atoms with van der Waals surface area (Å²) in [5.41, 5.74) is -0.820. The van der Waals surface area contributed by atoms with E-state index in [4.69, 9.17) is 0 Å². The van der Waals surface area contributed by atoms with Gasteiger partial charge in [0, 0.05) is 25.4 Å². The SMILES string of the molecule is CC(C)(C(=O)O)C1CCCN(c2cc([N+](=O)[O-])ccn2)C1. The highest BCUT2D eigenvalue weighted by Gasteiger charge is 2.39. The zero-order valence-corrected chi connectivity index (χ0v) is 12.2. The molecule has 7 nitrogen and oxygen atoms in total. The predicted molar refractivity (Wildman–Crippen MR) is 77.2 cm³/mol. The zero-order chi connectivity index (χ0) is 15.6. The molecule has 1 fully saturated rings. The number of carbonyl (C=O) groups is 1. The van der Waals surface area contributed by atoms with Crippen molar-refractivity contribution in [2.75, 3.05) is 18.0 Å². The summed E-state index contributed by atoms with van der Waals surface area (Å²) < 4.78 is 0. The van der Waals surface area contributed by atoms with Crippen LogP contribution in [0.5, 0.6) is 0 Å². The molecule has 2 heterocycles. The van der Waals surface area contributed by atoms with Gasteiger partial charge in [-0.05, 0) is 32.6 Å². The molecule has 1 aromatic rings. The van der Waals surface area contributed by atoms with Crippen molar-refractivity contribution in [3.8, 4) is 0 Å². The number of hydrogen-bond donors (Lipinski definition) is 1. The molecule has 1 saturated heterocycles. The minimum atomic E-state index is -0.820. The van der Waals surface area contributed by atoms with Crippen LogP contribution in [0.1, 0.15) is 26.7 Å². The Morgan fingerprint density at radius 3 is 2.90 bits per heavy atom. The zero-order valence-electron chi connectivity index (χ0n) is 12.2. The molecule has 2 rings (SSSR count). The van der Waals surface area contributed by atoms with Crippen LogP contribution in [-0.2, 0) is 4.79 Å². The summed E-state index contributed by atoms with van der Waals surface area (Å²) in [6.45, 7) is 4.74. The van der Waals surface area contributed by atoms with E-state index in [0.29, 0.717) is 12.4 Å². The molecule has 0 amide bonds. The molecule has 1 atom stereocenters. The summed E-state index contributed by atoms with van der Waals surface area (Å²) >= 11 is 0. The summed E-state index contributed by atoms with van der Waals surface area (Å²) in [5, 5.41) is 20.2. The number of carboxylic acids is 1. The predicted octanol–water partition coefficient (Wildman–Crippen LogP) is 2.32. The van der Waals surface area contributed by atoms with Crippen LogP contribution in [0, 0.1) is 21.4 Å². The number of hydrogen-bond acceptors (Lipinski definition) is 5. The van der Waals surface area contributed by atoms with Gasteiger partial charge in [-0.25, -0.2) is 4.98 Å². The Bertz CT molecular complexity index is 559. The number of anilines is 1. The molecule has 0 spiro atoms. The van der Waals surface area contributed by atoms with Crippen LogP contribution in [-0.4, -0.2) is 34.1 Å². The van der Waals surface area contributed by atoms with Gasteiger partial charge in [-0.2, -0.15) is 0 Å². The third-order valence-electron chi connectivity index (χ3n) is 4.26. The smallest absolute Gasteiger partial charge is 0.309 e. The van der Waals surface area contributed by atoms with Crippen molar-refractivity contribution in [1.82, 2.24) is 4.98 Å². The monoisotopic (exact) mass is 293 g/mol. The molecular weight excluding hydrogens is 274 g/mol. The van der Waals surface area contributed by atoms with Crippen molar-refractivity contribution >= 4 is 17.5 Å². The van der Waals surface area contributed by atoms with E-state index in [1.54, 1.807) is 13.8 Å². The minimum absolute atomic E-state index is 0.000353. The maximum absolute atomic E-state index is 11.4. The van der Waals surface area contributed by atoms with Crippen LogP contribution in [0.15, 0.2) is 18.3 Å². The molecule has 1 aliphatic rings. The van der Waals surface area contributed by atoms with E-state index >= 15 is 0 Å². The van der Waals surface area contributed by atoms with Gasteiger partial charge in [0.05, 0.1) is 16.4 Å². The van der Waals surface area contributed by atoms with E-state index in [0.717, 1.165) is 19.4 Å². The molecule has 1 aromatic heterocycles. The highest BCUT2D eigenvalue weighted by atomic mass is 16.6. The number of rotatable bonds is 4. The number of aliphatic carboxylic acids is 1. The van der Waals surface area contributed by atoms with Crippen molar-refractivity contribution in [2.45, 2.75) is 26.7 Å². The lowest BCUT2D eigenvalue weighted by atomic mass is 9.74. The second-order valence-corrected chi connectivity index (χ2v) is 5.94. The summed E-state index contributed by atoms with van der Waals surface area (Å²) in [4.78, 5) is 27.9. The van der Waals surface area contributed by atoms with Gasteiger partial charge in [0.2, 0.25) is 0 Å². The highest BCUT2D eigenvalue weighted by molar-refractivity contribution is 5.74. The Labute approximate surface area is 122 Å². The van der Waals surface area contributed by atoms with Crippen LogP contribution in [0.3, 0.4) is 0 Å². The van der Waals surface area contributed by atoms with E-state index in [1.165, 1.54) is 18.3 Å². The highest BCUT2D eigenvalue weighted by Crippen LogP contribution is 2.35. The fourth-order valence-corrected chi connectivity index (χ4v) is 2.64. The second-order valence-electron chi connectivity index (χ2n) is 5.94. The molecule has 1 unspecified atom stereocenters. The molecule has 0 saturated carbocycles. The number of nitrogens with zero attached hydrogens (tertiary/aromatic N) is 3. The average molecular weight is 293 g/mol. The number of carboxylic acid groups (broad SMARTS) is 1. The largest absolute Gasteiger partial charge is 0.481 e. The first-order valence-corrected chi connectivity index (χ1v) is 6.91. The van der Waals surface area contributed by atoms with Gasteiger partial charge in [-0.1, -0.05) is 0 Å². The third-order valence-corrected chi connectivity index (χ3v) is 4.26. The van der Waals surface area contributed by atoms with Crippen LogP contribution in [0.4, 0.5) is 11.5 Å². The Morgan fingerprint density at radius 1 is 1.57 bits per heavy atom. The first-order valence-electron chi connectivity index (χ1n) is 6.91. The van der Waals surface area contributed by atoms with Gasteiger partial charge in [-0.15, -0.1) is 0 Å². The van der Waals surface area contributed by atoms with Gasteiger partial charge in [0.1, 0.15) is 5.82 Å². The van der Waals surface area contributed by atoms with E-state index < -0.39 is 16.3 Å². The summed E-state index contributed by atoms with van der Waals surface area (Å²) in [5.74, 6) is -0.291. The van der Waals surface area contributed by atoms with Crippen LogP contribution < -0.4 is 4.90 Å². The molecule has 0 bridgehead atoms. The normalized spacial score (nSPS) is 19.3. The van der Waals surface area contributed by atoms with Crippen molar-refractivity contribution < 1.29 is 14.8 Å². The van der Waals surface area contributed by atoms with Crippen molar-refractivity contribution in [3.05, 3.63) is 28.4 Å². The van der Waals surface area contributed by atoms with Gasteiger partial charge < -0.3 is 10.0 Å². The number of piperidine rings is 1. The number of aromatic nitrogens is 1. The number of nitro groups is 1. The summed E-state index contributed by atoms with van der Waals surface area (Å²) in [6.07, 6.45) is 3.11. The van der Waals surface area contributed by atoms with Gasteiger partial charge >= 0.3 is 5.97 Å². The summed E-state index contributed by atoms with van der Waals surface area (Å²) in [6, 6.07) is 2.79. The topological polar surface area (TPSA) is 96.6 Å². The van der Waals surface area contributed by atoms with Crippen molar-refractivity contribution in [1.29, 1.82) is 0 Å². The maximum atomic E-state index is 11.4. The van der Waals surface area contributed by atoms with Crippen LogP contribution in [0.25, 0.3) is 0 Å². The lowest BCUT2D eigenvalue weighted by Crippen LogP contribution is -2.45. The Morgan fingerprint density at radius 2 is 2.29 bits per heavy atom. The quantitative estimate of drug-likeness (QED) is 0.676. The van der Waals surface area contributed by atoms with E-state index in [9.17, 15) is 20.0 Å². The van der Waals surface area contributed by atoms with Gasteiger partial charge in [0.25, 0.3) is 5.69 Å². The van der Waals surface area contributed by atoms with Crippen LogP contribution >= 0.6 is 0 Å². The average Bonchev–Trinajstić information content (AvgIpc) is 2.47. The van der Waals surface area contributed by atoms with E-state index in [1.807, 2.05) is 4.90 Å². The van der Waals surface area contributed by atoms with Gasteiger partial charge in [0.15, 0.2) is 0 Å². The molecule has 1 aliphatic heterocycles. The van der Waals surface area contributed by atoms with Gasteiger partial charge in [-0.3, -0.25) is 14.9 Å². The Kier molecular flexibility index (Phi) is 4.11. The molecule has 21 heavy (non-hydrogen) atoms. The molecule has 7 heteroatoms. The Balaban J connectivity index is 2.20. The molecule has 0 aliphatic carbocycles. The first-order chi connectivity index (χ1) is 9.82. The minimum Gasteiger partial charge on any atom is -0.481 e. The third kappa shape index (κ3) is 3.12. The Hall–Kier alpha value is -2.18. The molecule has 0 aromatic carbocycles. The fourth-order valence-electron chi connectivity index (χ4n) is 2.64. The summed E-state index contributed by atoms with van der Waals surface area (Å²) in [7, 11) is 0. The van der Waals surface area contributed by atoms with Crippen molar-refractivity contribution in [3.63, 3.8) is 0 Å². The van der Waals surface area contributed by atoms with Crippen LogP contribution in [0.2, 0.25) is 0 Å². The maximum Gasteiger partial charge on any atom is 0.309 e. The molecule has 114 valence electrons. The lowest BCUT2D eigenvalue weighted by molar-refractivity contribution is -0.384. The molecule has 1 N–H and O–H groups in total. The lowest BCUT2D eigenvalue weighted by Gasteiger charge is -2.39. The molecular formula is C14H19N3O4. The second kappa shape index (κ2) is 5.67. The fraction of sp³-hybridized carbons (Fsp3) is 0.571. The van der Waals surface area contributed by atoms with E-state index in [-0.39, 0.29) is 11.6 Å². The van der Waals surface area contributed by atoms with Crippen molar-refractivity contribution in [2.24, 2.45) is 11.3 Å².